The van der Waals surface area contributed by atoms with Crippen LogP contribution in [0.4, 0.5) is 0 Å². The van der Waals surface area contributed by atoms with Crippen LogP contribution in [0, 0.1) is 11.8 Å². The van der Waals surface area contributed by atoms with E-state index in [1.807, 2.05) is 13.8 Å². The molecule has 1 saturated heterocycles. The molecule has 0 aromatic rings. The molecule has 0 aromatic carbocycles. The monoisotopic (exact) mass is 372 g/mol. The summed E-state index contributed by atoms with van der Waals surface area (Å²) in [7, 11) is 0. The highest BCUT2D eigenvalue weighted by Crippen LogP contribution is 2.35. The lowest BCUT2D eigenvalue weighted by molar-refractivity contribution is -0.201. The standard InChI is InChI=1S/C19H32O7/c1-12-17(9-7-6-8-10-23-14(3)20)26-18(11-24-15(4)21)13(2)19(12)25-16(5)22/h12-13,17-19H,6-11H2,1-5H3/t12?,13-,17?,18?,19-/m1/s1. The lowest BCUT2D eigenvalue weighted by Crippen LogP contribution is -2.52. The van der Waals surface area contributed by atoms with Crippen molar-refractivity contribution in [1.29, 1.82) is 0 Å². The van der Waals surface area contributed by atoms with E-state index in [2.05, 4.69) is 0 Å². The molecule has 150 valence electrons. The number of unbranched alkanes of at least 4 members (excludes halogenated alkanes) is 2. The van der Waals surface area contributed by atoms with Gasteiger partial charge in [-0.1, -0.05) is 20.3 Å². The highest BCUT2D eigenvalue weighted by Gasteiger charge is 2.43. The van der Waals surface area contributed by atoms with E-state index in [9.17, 15) is 14.4 Å². The van der Waals surface area contributed by atoms with Gasteiger partial charge in [0.2, 0.25) is 0 Å². The minimum absolute atomic E-state index is 0.0518. The summed E-state index contributed by atoms with van der Waals surface area (Å²) in [6, 6.07) is 0. The van der Waals surface area contributed by atoms with Gasteiger partial charge in [-0.3, -0.25) is 14.4 Å². The molecular formula is C19H32O7. The largest absolute Gasteiger partial charge is 0.466 e. The van der Waals surface area contributed by atoms with Crippen LogP contribution in [0.3, 0.4) is 0 Å². The van der Waals surface area contributed by atoms with Crippen LogP contribution < -0.4 is 0 Å². The Hall–Kier alpha value is -1.63. The molecule has 1 aliphatic heterocycles. The first kappa shape index (κ1) is 22.4. The second-order valence-corrected chi connectivity index (χ2v) is 7.00. The maximum absolute atomic E-state index is 11.5. The molecule has 7 heteroatoms. The third-order valence-electron chi connectivity index (χ3n) is 4.75. The van der Waals surface area contributed by atoms with E-state index >= 15 is 0 Å². The summed E-state index contributed by atoms with van der Waals surface area (Å²) in [4.78, 5) is 33.3. The van der Waals surface area contributed by atoms with Crippen LogP contribution >= 0.6 is 0 Å². The topological polar surface area (TPSA) is 88.1 Å². The summed E-state index contributed by atoms with van der Waals surface area (Å²) in [5, 5.41) is 0. The number of rotatable bonds is 9. The quantitative estimate of drug-likeness (QED) is 0.349. The van der Waals surface area contributed by atoms with E-state index in [0.717, 1.165) is 25.7 Å². The second-order valence-electron chi connectivity index (χ2n) is 7.00. The van der Waals surface area contributed by atoms with Crippen LogP contribution in [-0.4, -0.2) is 49.4 Å². The predicted octanol–water partition coefficient (Wildman–Crippen LogP) is 2.64. The van der Waals surface area contributed by atoms with E-state index in [1.54, 1.807) is 0 Å². The first-order valence-corrected chi connectivity index (χ1v) is 9.31. The number of carbonyl (C=O) groups excluding carboxylic acids is 3. The number of ether oxygens (including phenoxy) is 4. The smallest absolute Gasteiger partial charge is 0.302 e. The molecule has 0 bridgehead atoms. The molecule has 0 aromatic heterocycles. The zero-order valence-electron chi connectivity index (χ0n) is 16.5. The summed E-state index contributed by atoms with van der Waals surface area (Å²) >= 11 is 0. The molecule has 1 heterocycles. The molecule has 7 nitrogen and oxygen atoms in total. The molecule has 26 heavy (non-hydrogen) atoms. The van der Waals surface area contributed by atoms with E-state index in [0.29, 0.717) is 6.61 Å². The maximum Gasteiger partial charge on any atom is 0.302 e. The summed E-state index contributed by atoms with van der Waals surface area (Å²) in [5.41, 5.74) is 0. The molecule has 1 fully saturated rings. The fourth-order valence-corrected chi connectivity index (χ4v) is 3.34. The molecule has 0 N–H and O–H groups in total. The van der Waals surface area contributed by atoms with Gasteiger partial charge in [0.25, 0.3) is 0 Å². The highest BCUT2D eigenvalue weighted by molar-refractivity contribution is 5.66. The van der Waals surface area contributed by atoms with Gasteiger partial charge in [-0.15, -0.1) is 0 Å². The van der Waals surface area contributed by atoms with E-state index in [4.69, 9.17) is 18.9 Å². The normalized spacial score (nSPS) is 28.3. The van der Waals surface area contributed by atoms with Crippen molar-refractivity contribution in [2.24, 2.45) is 11.8 Å². The Morgan fingerprint density at radius 2 is 1.42 bits per heavy atom. The predicted molar refractivity (Wildman–Crippen MR) is 94.3 cm³/mol. The van der Waals surface area contributed by atoms with Gasteiger partial charge in [0.15, 0.2) is 0 Å². The first-order chi connectivity index (χ1) is 12.2. The van der Waals surface area contributed by atoms with Crippen LogP contribution in [0.5, 0.6) is 0 Å². The second kappa shape index (κ2) is 11.2. The summed E-state index contributed by atoms with van der Waals surface area (Å²) < 4.78 is 21.7. The van der Waals surface area contributed by atoms with Gasteiger partial charge in [0.05, 0.1) is 18.8 Å². The van der Waals surface area contributed by atoms with Crippen molar-refractivity contribution in [2.45, 2.75) is 78.6 Å². The van der Waals surface area contributed by atoms with Crippen LogP contribution in [0.1, 0.15) is 60.3 Å². The first-order valence-electron chi connectivity index (χ1n) is 9.31. The average Bonchev–Trinajstić information content (AvgIpc) is 2.54. The zero-order chi connectivity index (χ0) is 19.7. The summed E-state index contributed by atoms with van der Waals surface area (Å²) in [6.07, 6.45) is 2.80. The van der Waals surface area contributed by atoms with Gasteiger partial charge in [-0.05, 0) is 19.3 Å². The lowest BCUT2D eigenvalue weighted by Gasteiger charge is -2.44. The Balaban J connectivity index is 2.59. The number of hydrogen-bond acceptors (Lipinski definition) is 7. The lowest BCUT2D eigenvalue weighted by atomic mass is 9.81. The number of esters is 3. The Bertz CT molecular complexity index is 477. The van der Waals surface area contributed by atoms with Crippen molar-refractivity contribution in [3.8, 4) is 0 Å². The molecular weight excluding hydrogens is 340 g/mol. The number of hydrogen-bond donors (Lipinski definition) is 0. The van der Waals surface area contributed by atoms with Gasteiger partial charge in [0, 0.05) is 32.6 Å². The molecule has 0 amide bonds. The summed E-state index contributed by atoms with van der Waals surface area (Å²) in [6.45, 7) is 8.73. The van der Waals surface area contributed by atoms with E-state index in [-0.39, 0.29) is 54.7 Å². The highest BCUT2D eigenvalue weighted by atomic mass is 16.6. The Morgan fingerprint density at radius 3 is 2.00 bits per heavy atom. The molecule has 0 saturated carbocycles. The molecule has 0 spiro atoms. The van der Waals surface area contributed by atoms with Gasteiger partial charge in [-0.25, -0.2) is 0 Å². The van der Waals surface area contributed by atoms with Crippen molar-refractivity contribution in [2.75, 3.05) is 13.2 Å². The van der Waals surface area contributed by atoms with Gasteiger partial charge >= 0.3 is 17.9 Å². The van der Waals surface area contributed by atoms with E-state index < -0.39 is 0 Å². The molecule has 3 unspecified atom stereocenters. The van der Waals surface area contributed by atoms with Crippen molar-refractivity contribution in [3.63, 3.8) is 0 Å². The van der Waals surface area contributed by atoms with Crippen LogP contribution in [0.15, 0.2) is 0 Å². The SMILES string of the molecule is CC(=O)OCCCCCC1OC(COC(C)=O)[C@@H](C)[C@H](OC(C)=O)C1C. The van der Waals surface area contributed by atoms with Gasteiger partial charge < -0.3 is 18.9 Å². The third kappa shape index (κ3) is 7.72. The maximum atomic E-state index is 11.5. The van der Waals surface area contributed by atoms with Crippen LogP contribution in [-0.2, 0) is 33.3 Å². The van der Waals surface area contributed by atoms with E-state index in [1.165, 1.54) is 20.8 Å². The molecule has 0 aliphatic carbocycles. The Labute approximate surface area is 155 Å². The number of carbonyl (C=O) groups is 3. The Morgan fingerprint density at radius 1 is 0.808 bits per heavy atom. The van der Waals surface area contributed by atoms with Crippen molar-refractivity contribution >= 4 is 17.9 Å². The van der Waals surface area contributed by atoms with Crippen molar-refractivity contribution in [3.05, 3.63) is 0 Å². The third-order valence-corrected chi connectivity index (χ3v) is 4.75. The van der Waals surface area contributed by atoms with Crippen molar-refractivity contribution in [1.82, 2.24) is 0 Å². The zero-order valence-corrected chi connectivity index (χ0v) is 16.5. The van der Waals surface area contributed by atoms with Crippen LogP contribution in [0.25, 0.3) is 0 Å². The van der Waals surface area contributed by atoms with Crippen molar-refractivity contribution < 1.29 is 33.3 Å². The van der Waals surface area contributed by atoms with Gasteiger partial charge in [-0.2, -0.15) is 0 Å². The van der Waals surface area contributed by atoms with Gasteiger partial charge in [0.1, 0.15) is 12.7 Å². The minimum atomic E-state index is -0.356. The molecule has 0 radical (unpaired) electrons. The Kier molecular flexibility index (Phi) is 9.62. The molecule has 1 aliphatic rings. The molecule has 5 atom stereocenters. The fraction of sp³-hybridized carbons (Fsp3) is 0.842. The average molecular weight is 372 g/mol. The summed E-state index contributed by atoms with van der Waals surface area (Å²) in [5.74, 6) is -0.947. The fourth-order valence-electron chi connectivity index (χ4n) is 3.34. The van der Waals surface area contributed by atoms with Crippen LogP contribution in [0.2, 0.25) is 0 Å². The minimum Gasteiger partial charge on any atom is -0.466 e. The molecule has 1 rings (SSSR count).